The molecule has 20 heavy (non-hydrogen) atoms. The Bertz CT molecular complexity index is 582. The fraction of sp³-hybridized carbons (Fsp3) is 0.500. The van der Waals surface area contributed by atoms with Gasteiger partial charge < -0.3 is 10.6 Å². The van der Waals surface area contributed by atoms with Gasteiger partial charge in [-0.15, -0.1) is 0 Å². The maximum absolute atomic E-state index is 12.4. The molecule has 1 aromatic rings. The number of carbonyl (C=O) groups is 1. The molecule has 0 heterocycles. The van der Waals surface area contributed by atoms with Gasteiger partial charge in [0.05, 0.1) is 0 Å². The average Bonchev–Trinajstić information content (AvgIpc) is 2.34. The van der Waals surface area contributed by atoms with Crippen LogP contribution in [0, 0.1) is 0 Å². The van der Waals surface area contributed by atoms with Gasteiger partial charge in [-0.2, -0.15) is 0 Å². The van der Waals surface area contributed by atoms with E-state index < -0.39 is 21.0 Å². The Morgan fingerprint density at radius 1 is 1.25 bits per heavy atom. The largest absolute Gasteiger partial charge is 0.398 e. The maximum atomic E-state index is 12.4. The third-order valence-electron chi connectivity index (χ3n) is 3.29. The molecule has 0 aliphatic carbocycles. The first-order valence-electron chi connectivity index (χ1n) is 6.47. The highest BCUT2D eigenvalue weighted by molar-refractivity contribution is 7.92. The Morgan fingerprint density at radius 2 is 1.80 bits per heavy atom. The summed E-state index contributed by atoms with van der Waals surface area (Å²) >= 11 is 0. The molecule has 0 aromatic heterocycles. The van der Waals surface area contributed by atoms with E-state index in [0.717, 1.165) is 11.8 Å². The first-order chi connectivity index (χ1) is 9.14. The minimum atomic E-state index is -3.41. The van der Waals surface area contributed by atoms with Crippen LogP contribution in [0.2, 0.25) is 0 Å². The molecule has 1 rings (SSSR count). The summed E-state index contributed by atoms with van der Waals surface area (Å²) in [4.78, 5) is 13.9. The zero-order valence-electron chi connectivity index (χ0n) is 12.3. The molecule has 0 aliphatic rings. The van der Waals surface area contributed by atoms with Gasteiger partial charge in [0.15, 0.2) is 9.84 Å². The molecule has 5 nitrogen and oxygen atoms in total. The van der Waals surface area contributed by atoms with Crippen molar-refractivity contribution in [3.8, 4) is 0 Å². The van der Waals surface area contributed by atoms with Crippen LogP contribution in [0.15, 0.2) is 24.3 Å². The molecule has 0 fully saturated rings. The number of para-hydroxylation sites is 1. The van der Waals surface area contributed by atoms with Gasteiger partial charge in [-0.3, -0.25) is 4.79 Å². The monoisotopic (exact) mass is 298 g/mol. The fourth-order valence-electron chi connectivity index (χ4n) is 1.79. The smallest absolute Gasteiger partial charge is 0.241 e. The topological polar surface area (TPSA) is 80.5 Å². The summed E-state index contributed by atoms with van der Waals surface area (Å²) in [6.45, 7) is 5.43. The molecule has 2 N–H and O–H groups in total. The molecule has 1 unspecified atom stereocenters. The molecule has 1 aromatic carbocycles. The van der Waals surface area contributed by atoms with E-state index in [1.807, 2.05) is 32.0 Å². The van der Waals surface area contributed by atoms with Crippen molar-refractivity contribution in [2.45, 2.75) is 38.6 Å². The SMILES string of the molecule is CC(C)N(Cc1ccccc1N)C(=O)C(C)S(C)(=O)=O. The van der Waals surface area contributed by atoms with Crippen LogP contribution < -0.4 is 5.73 Å². The second-order valence-electron chi connectivity index (χ2n) is 5.23. The van der Waals surface area contributed by atoms with Crippen molar-refractivity contribution in [3.05, 3.63) is 29.8 Å². The predicted molar refractivity (Wildman–Crippen MR) is 80.8 cm³/mol. The Balaban J connectivity index is 3.02. The molecule has 0 saturated carbocycles. The third kappa shape index (κ3) is 3.96. The number of anilines is 1. The van der Waals surface area contributed by atoms with Gasteiger partial charge in [0, 0.05) is 24.5 Å². The summed E-state index contributed by atoms with van der Waals surface area (Å²) in [5.41, 5.74) is 7.29. The Labute approximate surface area is 120 Å². The summed E-state index contributed by atoms with van der Waals surface area (Å²) in [5.74, 6) is -0.397. The Kier molecular flexibility index (Phi) is 5.16. The van der Waals surface area contributed by atoms with Gasteiger partial charge in [0.25, 0.3) is 0 Å². The number of sulfone groups is 1. The van der Waals surface area contributed by atoms with Crippen molar-refractivity contribution in [2.24, 2.45) is 0 Å². The van der Waals surface area contributed by atoms with Crippen molar-refractivity contribution in [2.75, 3.05) is 12.0 Å². The Hall–Kier alpha value is -1.56. The van der Waals surface area contributed by atoms with E-state index in [9.17, 15) is 13.2 Å². The van der Waals surface area contributed by atoms with Gasteiger partial charge >= 0.3 is 0 Å². The van der Waals surface area contributed by atoms with Gasteiger partial charge in [-0.25, -0.2) is 8.42 Å². The van der Waals surface area contributed by atoms with Crippen LogP contribution in [-0.4, -0.2) is 36.8 Å². The molecular formula is C14H22N2O3S. The summed E-state index contributed by atoms with van der Waals surface area (Å²) < 4.78 is 23.1. The van der Waals surface area contributed by atoms with Gasteiger partial charge in [-0.1, -0.05) is 18.2 Å². The zero-order valence-corrected chi connectivity index (χ0v) is 13.1. The molecule has 1 atom stereocenters. The van der Waals surface area contributed by atoms with Gasteiger partial charge in [0.1, 0.15) is 5.25 Å². The number of rotatable bonds is 5. The van der Waals surface area contributed by atoms with Gasteiger partial charge in [-0.05, 0) is 32.4 Å². The van der Waals surface area contributed by atoms with Crippen LogP contribution in [0.5, 0.6) is 0 Å². The first-order valence-corrected chi connectivity index (χ1v) is 8.42. The molecule has 0 bridgehead atoms. The first kappa shape index (κ1) is 16.5. The fourth-order valence-corrected chi connectivity index (χ4v) is 2.29. The summed E-state index contributed by atoms with van der Waals surface area (Å²) in [7, 11) is -3.41. The standard InChI is InChI=1S/C14H22N2O3S/c1-10(2)16(14(17)11(3)20(4,18)19)9-12-7-5-6-8-13(12)15/h5-8,10-11H,9,15H2,1-4H3. The lowest BCUT2D eigenvalue weighted by Gasteiger charge is -2.29. The Morgan fingerprint density at radius 3 is 2.25 bits per heavy atom. The summed E-state index contributed by atoms with van der Waals surface area (Å²) in [6, 6.07) is 7.15. The number of carbonyl (C=O) groups excluding carboxylic acids is 1. The molecule has 0 radical (unpaired) electrons. The van der Waals surface area contributed by atoms with Crippen molar-refractivity contribution in [1.29, 1.82) is 0 Å². The van der Waals surface area contributed by atoms with Crippen LogP contribution in [0.25, 0.3) is 0 Å². The number of hydrogen-bond donors (Lipinski definition) is 1. The maximum Gasteiger partial charge on any atom is 0.241 e. The lowest BCUT2D eigenvalue weighted by Crippen LogP contribution is -2.44. The average molecular weight is 298 g/mol. The minimum Gasteiger partial charge on any atom is -0.398 e. The normalized spacial score (nSPS) is 13.2. The van der Waals surface area contributed by atoms with E-state index in [0.29, 0.717) is 12.2 Å². The van der Waals surface area contributed by atoms with E-state index in [-0.39, 0.29) is 6.04 Å². The highest BCUT2D eigenvalue weighted by Gasteiger charge is 2.29. The van der Waals surface area contributed by atoms with Crippen LogP contribution >= 0.6 is 0 Å². The van der Waals surface area contributed by atoms with E-state index in [4.69, 9.17) is 5.73 Å². The number of nitrogen functional groups attached to an aromatic ring is 1. The molecule has 1 amide bonds. The second-order valence-corrected chi connectivity index (χ2v) is 7.60. The van der Waals surface area contributed by atoms with Crippen LogP contribution in [-0.2, 0) is 21.2 Å². The predicted octanol–water partition coefficient (Wildman–Crippen LogP) is 1.44. The second kappa shape index (κ2) is 6.26. The molecule has 0 aliphatic heterocycles. The highest BCUT2D eigenvalue weighted by atomic mass is 32.2. The van der Waals surface area contributed by atoms with Gasteiger partial charge in [0.2, 0.25) is 5.91 Å². The minimum absolute atomic E-state index is 0.105. The van der Waals surface area contributed by atoms with E-state index in [1.54, 1.807) is 6.07 Å². The number of nitrogens with zero attached hydrogens (tertiary/aromatic N) is 1. The van der Waals surface area contributed by atoms with E-state index >= 15 is 0 Å². The molecular weight excluding hydrogens is 276 g/mol. The molecule has 0 spiro atoms. The van der Waals surface area contributed by atoms with Crippen LogP contribution in [0.3, 0.4) is 0 Å². The number of benzene rings is 1. The highest BCUT2D eigenvalue weighted by Crippen LogP contribution is 2.17. The van der Waals surface area contributed by atoms with Crippen LogP contribution in [0.4, 0.5) is 5.69 Å². The number of amides is 1. The van der Waals surface area contributed by atoms with E-state index in [2.05, 4.69) is 0 Å². The zero-order chi connectivity index (χ0) is 15.5. The summed E-state index contributed by atoms with van der Waals surface area (Å²) in [6.07, 6.45) is 1.07. The molecule has 112 valence electrons. The molecule has 6 heteroatoms. The lowest BCUT2D eigenvalue weighted by molar-refractivity contribution is -0.132. The van der Waals surface area contributed by atoms with Crippen molar-refractivity contribution in [1.82, 2.24) is 4.90 Å². The van der Waals surface area contributed by atoms with E-state index in [1.165, 1.54) is 11.8 Å². The van der Waals surface area contributed by atoms with Crippen LogP contribution in [0.1, 0.15) is 26.3 Å². The number of nitrogens with two attached hydrogens (primary N) is 1. The molecule has 0 saturated heterocycles. The lowest BCUT2D eigenvalue weighted by atomic mass is 10.1. The quantitative estimate of drug-likeness (QED) is 0.834. The van der Waals surface area contributed by atoms with Crippen molar-refractivity contribution in [3.63, 3.8) is 0 Å². The number of hydrogen-bond acceptors (Lipinski definition) is 4. The third-order valence-corrected chi connectivity index (χ3v) is 4.78. The summed E-state index contributed by atoms with van der Waals surface area (Å²) in [5, 5.41) is -1.05. The van der Waals surface area contributed by atoms with Crippen molar-refractivity contribution >= 4 is 21.4 Å². The van der Waals surface area contributed by atoms with Crippen molar-refractivity contribution < 1.29 is 13.2 Å².